The van der Waals surface area contributed by atoms with E-state index in [2.05, 4.69) is 107 Å². The minimum absolute atomic E-state index is 0.198. The van der Waals surface area contributed by atoms with Crippen LogP contribution in [-0.2, 0) is 13.0 Å². The monoisotopic (exact) mass is 1510 g/mol. The Bertz CT molecular complexity index is 5430. The molecule has 0 bridgehead atoms. The highest BCUT2D eigenvalue weighted by molar-refractivity contribution is 7.24. The first-order valence-electron chi connectivity index (χ1n) is 33.5. The van der Waals surface area contributed by atoms with E-state index in [0.717, 1.165) is 166 Å². The van der Waals surface area contributed by atoms with Crippen LogP contribution in [0.1, 0.15) is 64.1 Å². The Balaban J connectivity index is 0.000000116. The molecule has 3 atom stereocenters. The maximum absolute atomic E-state index is 9.86. The van der Waals surface area contributed by atoms with Gasteiger partial charge in [0, 0.05) is 87.2 Å². The Labute approximate surface area is 619 Å². The van der Waals surface area contributed by atoms with Crippen LogP contribution in [0.25, 0.3) is 104 Å². The molecule has 1 aliphatic rings. The second kappa shape index (κ2) is 32.7. The van der Waals surface area contributed by atoms with Crippen LogP contribution in [0.5, 0.6) is 0 Å². The molecule has 1 fully saturated rings. The number of nitrogens with two attached hydrogens (primary N) is 5. The van der Waals surface area contributed by atoms with E-state index in [1.165, 1.54) is 10.3 Å². The van der Waals surface area contributed by atoms with Crippen molar-refractivity contribution in [3.05, 3.63) is 146 Å². The first-order chi connectivity index (χ1) is 50.8. The third kappa shape index (κ3) is 18.3. The van der Waals surface area contributed by atoms with Crippen LogP contribution in [0.2, 0.25) is 0 Å². The van der Waals surface area contributed by atoms with E-state index in [0.29, 0.717) is 48.7 Å². The number of aliphatic hydroxyl groups is 4. The fraction of sp³-hybridized carbons (Fsp3) is 0.243. The number of nitrogens with one attached hydrogen (secondary N) is 10. The number of pyridine rings is 5. The summed E-state index contributed by atoms with van der Waals surface area (Å²) in [5, 5.41) is 92.7. The van der Waals surface area contributed by atoms with Crippen LogP contribution in [0, 0.1) is 0 Å². The van der Waals surface area contributed by atoms with Gasteiger partial charge in [-0.25, -0.2) is 24.9 Å². The zero-order valence-electron chi connectivity index (χ0n) is 57.1. The number of nitrogen functional groups attached to an aromatic ring is 5. The van der Waals surface area contributed by atoms with E-state index in [-0.39, 0.29) is 18.8 Å². The molecule has 0 unspecified atom stereocenters. The van der Waals surface area contributed by atoms with Gasteiger partial charge >= 0.3 is 0 Å². The summed E-state index contributed by atoms with van der Waals surface area (Å²) in [5.41, 5.74) is 43.8. The molecule has 105 heavy (non-hydrogen) atoms. The second-order valence-corrected chi connectivity index (χ2v) is 30.6. The molecule has 0 aliphatic heterocycles. The zero-order chi connectivity index (χ0) is 73.1. The van der Waals surface area contributed by atoms with Crippen LogP contribution >= 0.6 is 56.7 Å². The van der Waals surface area contributed by atoms with Crippen molar-refractivity contribution in [1.29, 1.82) is 0 Å². The fourth-order valence-corrected chi connectivity index (χ4v) is 16.8. The number of aliphatic hydroxyl groups excluding tert-OH is 3. The Morgan fingerprint density at radius 1 is 0.476 bits per heavy atom. The molecule has 0 amide bonds. The number of fused-ring (bicyclic) bond motifs is 5. The standard InChI is InChI=1S/C15H17N5OS.C14H13N7S.C14H17N5OS.C14H16N4OS.C13H15N5OS/c16-14-7-12(18-8-1-2-9(21)5-8)15-11(19-14)6-13(22-15)10-3-4-17-20-10;15-13-6-10(16-7-8-1-3-17-20-8)14-11(19-13)5-12(22-14)9-2-4-18-21-9;1-14(2,20)7-16-9-6-12(15)18-10-5-11(21-13(9)10)8-3-4-17-19-8;15-13-7-9(3-1-2-6-19)14-11(17-13)8-12(20-14)10-4-5-16-18-10;1-7(19)6-15-9-5-12(14)17-10-4-11(20-13(9)10)8-2-3-16-18-8/h3-4,6-9,21H,1-2,5H2,(H,17,20)(H3,16,18,19);1-6H,7H2,(H,17,20)(H,18,21)(H3,15,16,19);3-6,20H,7H2,1-2H3,(H,17,19)(H3,15,16,18);4-5,7-8,19H,1-3,6H2,(H2,15,17)(H,16,18);2-5,7,19H,6H2,1H3,(H,16,18)(H3,14,15,17)/t8-,9-;;;;7-/m0...1/s1. The van der Waals surface area contributed by atoms with E-state index >= 15 is 0 Å². The lowest BCUT2D eigenvalue weighted by Crippen LogP contribution is -2.29. The lowest BCUT2D eigenvalue weighted by molar-refractivity contribution is 0.0945. The zero-order valence-corrected chi connectivity index (χ0v) is 61.2. The summed E-state index contributed by atoms with van der Waals surface area (Å²) in [5.74, 6) is 2.45. The minimum atomic E-state index is -0.798. The third-order valence-corrected chi connectivity index (χ3v) is 22.3. The Morgan fingerprint density at radius 3 is 1.22 bits per heavy atom. The maximum Gasteiger partial charge on any atom is 0.126 e. The fourth-order valence-electron chi connectivity index (χ4n) is 11.5. The lowest BCUT2D eigenvalue weighted by atomic mass is 10.1. The lowest BCUT2D eigenvalue weighted by Gasteiger charge is -2.19. The predicted octanol–water partition coefficient (Wildman–Crippen LogP) is 12.3. The maximum atomic E-state index is 9.86. The average Bonchev–Trinajstić information content (AvgIpc) is 1.69. The summed E-state index contributed by atoms with van der Waals surface area (Å²) < 4.78 is 5.35. The molecule has 16 aromatic heterocycles. The number of thiophene rings is 5. The summed E-state index contributed by atoms with van der Waals surface area (Å²) in [6.45, 7) is 7.03. The van der Waals surface area contributed by atoms with Crippen molar-refractivity contribution in [1.82, 2.24) is 86.1 Å². The van der Waals surface area contributed by atoms with Crippen molar-refractivity contribution in [3.63, 3.8) is 0 Å². The van der Waals surface area contributed by atoms with Crippen molar-refractivity contribution < 1.29 is 20.4 Å². The molecule has 16 heterocycles. The summed E-state index contributed by atoms with van der Waals surface area (Å²) in [6, 6.07) is 31.2. The third-order valence-electron chi connectivity index (χ3n) is 16.3. The number of aryl methyl sites for hydroxylation is 1. The average molecular weight is 1510 g/mol. The summed E-state index contributed by atoms with van der Waals surface area (Å²) in [4.78, 5) is 27.3. The second-order valence-electron chi connectivity index (χ2n) is 25.4. The Hall–Kier alpha value is -11.2. The summed E-state index contributed by atoms with van der Waals surface area (Å²) in [6.07, 6.45) is 15.0. The number of aromatic amines is 6. The molecule has 17 rings (SSSR count). The van der Waals surface area contributed by atoms with Crippen molar-refractivity contribution in [2.24, 2.45) is 0 Å². The van der Waals surface area contributed by atoms with Crippen LogP contribution in [0.4, 0.5) is 51.8 Å². The Morgan fingerprint density at radius 2 is 0.848 bits per heavy atom. The van der Waals surface area contributed by atoms with Crippen molar-refractivity contribution in [2.75, 3.05) is 69.6 Å². The minimum Gasteiger partial charge on any atom is -0.396 e. The van der Waals surface area contributed by atoms with E-state index < -0.39 is 11.7 Å². The molecule has 24 N–H and O–H groups in total. The summed E-state index contributed by atoms with van der Waals surface area (Å²) in [7, 11) is 0. The van der Waals surface area contributed by atoms with E-state index in [1.807, 2.05) is 84.9 Å². The molecule has 0 aromatic carbocycles. The number of aromatic nitrogens is 17. The topological polar surface area (TPSA) is 496 Å². The van der Waals surface area contributed by atoms with Crippen LogP contribution < -0.4 is 49.9 Å². The normalized spacial score (nSPS) is 13.8. The largest absolute Gasteiger partial charge is 0.396 e. The first kappa shape index (κ1) is 72.2. The highest BCUT2D eigenvalue weighted by Crippen LogP contribution is 2.42. The predicted molar refractivity (Wildman–Crippen MR) is 426 cm³/mol. The van der Waals surface area contributed by atoms with Gasteiger partial charge in [0.1, 0.15) is 29.1 Å². The van der Waals surface area contributed by atoms with Gasteiger partial charge in [-0.05, 0) is 138 Å². The smallest absolute Gasteiger partial charge is 0.126 e. The SMILES string of the molecule is CC(C)(O)CNc1cc(N)nc2cc(-c3ccn[nH]3)sc12.C[C@@H](O)CNc1cc(N)nc2cc(-c3ccn[nH]3)sc12.Nc1cc(CCCCO)c2sc(-c3ccn[nH]3)cc2n1.Nc1cc(NCc2ccn[nH]2)c2sc(-c3ccn[nH]3)cc2n1.Nc1cc(N[C@H]2CC[C@H](O)C2)c2sc(-c3ccn[nH]3)cc2n1. The molecule has 1 aliphatic carbocycles. The van der Waals surface area contributed by atoms with Crippen molar-refractivity contribution in [2.45, 2.75) is 89.7 Å². The molecule has 1 saturated carbocycles. The number of anilines is 9. The molecule has 0 radical (unpaired) electrons. The quantitative estimate of drug-likeness (QED) is 0.0315. The van der Waals surface area contributed by atoms with Crippen molar-refractivity contribution in [3.8, 4) is 52.9 Å². The van der Waals surface area contributed by atoms with Gasteiger partial charge in [-0.1, -0.05) is 0 Å². The summed E-state index contributed by atoms with van der Waals surface area (Å²) >= 11 is 8.22. The van der Waals surface area contributed by atoms with Crippen LogP contribution in [0.3, 0.4) is 0 Å². The highest BCUT2D eigenvalue weighted by atomic mass is 32.1. The van der Waals surface area contributed by atoms with E-state index in [4.69, 9.17) is 33.8 Å². The highest BCUT2D eigenvalue weighted by Gasteiger charge is 2.25. The number of H-pyrrole nitrogens is 6. The van der Waals surface area contributed by atoms with E-state index in [9.17, 15) is 15.3 Å². The Kier molecular flexibility index (Phi) is 22.5. The first-order valence-corrected chi connectivity index (χ1v) is 37.5. The number of rotatable bonds is 20. The van der Waals surface area contributed by atoms with Gasteiger partial charge in [-0.3, -0.25) is 30.6 Å². The molecule has 542 valence electrons. The molecule has 35 heteroatoms. The van der Waals surface area contributed by atoms with Gasteiger partial charge in [0.15, 0.2) is 0 Å². The molecule has 0 spiro atoms. The van der Waals surface area contributed by atoms with Gasteiger partial charge in [-0.15, -0.1) is 56.7 Å². The number of hydrogen-bond acceptors (Lipinski definition) is 29. The van der Waals surface area contributed by atoms with Gasteiger partial charge in [0.2, 0.25) is 0 Å². The molecule has 16 aromatic rings. The van der Waals surface area contributed by atoms with Gasteiger partial charge in [-0.2, -0.15) is 30.6 Å². The van der Waals surface area contributed by atoms with Crippen molar-refractivity contribution >= 4 is 160 Å². The molecule has 30 nitrogen and oxygen atoms in total. The van der Waals surface area contributed by atoms with Crippen LogP contribution in [-0.4, -0.2) is 150 Å². The number of nitrogens with zero attached hydrogens (tertiary/aromatic N) is 11. The van der Waals surface area contributed by atoms with Gasteiger partial charge in [0.25, 0.3) is 0 Å². The molecule has 0 saturated heterocycles. The van der Waals surface area contributed by atoms with E-state index in [1.54, 1.807) is 127 Å². The number of unbranched alkanes of at least 4 members (excludes halogenated alkanes) is 1. The molecular weight excluding hydrogens is 1430 g/mol. The number of hydrogen-bond donors (Lipinski definition) is 19. The molecular formula is C70H78N26O4S5. The van der Waals surface area contributed by atoms with Crippen LogP contribution in [0.15, 0.2) is 134 Å². The van der Waals surface area contributed by atoms with Gasteiger partial charge in [0.05, 0.1) is 157 Å². The van der Waals surface area contributed by atoms with Gasteiger partial charge < -0.3 is 70.4 Å².